The van der Waals surface area contributed by atoms with Crippen molar-refractivity contribution in [2.45, 2.75) is 38.8 Å². The molecule has 1 heterocycles. The van der Waals surface area contributed by atoms with Crippen molar-refractivity contribution in [3.05, 3.63) is 59.8 Å². The Labute approximate surface area is 159 Å². The number of sulfonamides is 1. The summed E-state index contributed by atoms with van der Waals surface area (Å²) in [5, 5.41) is 16.1. The molecule has 0 amide bonds. The summed E-state index contributed by atoms with van der Waals surface area (Å²) in [4.78, 5) is 0. The van der Waals surface area contributed by atoms with E-state index in [4.69, 9.17) is 0 Å². The second-order valence-corrected chi connectivity index (χ2v) is 8.74. The van der Waals surface area contributed by atoms with Gasteiger partial charge in [0, 0.05) is 5.39 Å². The van der Waals surface area contributed by atoms with Crippen LogP contribution in [-0.4, -0.2) is 35.7 Å². The first-order chi connectivity index (χ1) is 12.7. The van der Waals surface area contributed by atoms with E-state index in [9.17, 15) is 13.5 Å². The van der Waals surface area contributed by atoms with Crippen LogP contribution in [0.3, 0.4) is 0 Å². The molecular formula is C20H25N3O3S. The highest BCUT2D eigenvalue weighted by Crippen LogP contribution is 2.37. The fraction of sp³-hybridized carbons (Fsp3) is 0.350. The third kappa shape index (κ3) is 3.44. The Bertz CT molecular complexity index is 1060. The molecule has 27 heavy (non-hydrogen) atoms. The zero-order valence-electron chi connectivity index (χ0n) is 16.0. The number of aryl methyl sites for hydroxylation is 1. The van der Waals surface area contributed by atoms with Crippen LogP contribution in [0, 0.1) is 6.92 Å². The zero-order chi connectivity index (χ0) is 19.8. The van der Waals surface area contributed by atoms with Crippen LogP contribution >= 0.6 is 0 Å². The Kier molecular flexibility index (Phi) is 5.01. The summed E-state index contributed by atoms with van der Waals surface area (Å²) in [7, 11) is -3.41. The highest BCUT2D eigenvalue weighted by molar-refractivity contribution is 7.92. The largest absolute Gasteiger partial charge is 0.391 e. The lowest BCUT2D eigenvalue weighted by molar-refractivity contribution is 0.0669. The van der Waals surface area contributed by atoms with Crippen LogP contribution in [-0.2, 0) is 15.6 Å². The fourth-order valence-electron chi connectivity index (χ4n) is 3.69. The topological polar surface area (TPSA) is 84.2 Å². The molecule has 0 saturated carbocycles. The molecule has 2 unspecified atom stereocenters. The van der Waals surface area contributed by atoms with Gasteiger partial charge in [0.1, 0.15) is 5.54 Å². The lowest BCUT2D eigenvalue weighted by atomic mass is 9.82. The Morgan fingerprint density at radius 1 is 1.22 bits per heavy atom. The van der Waals surface area contributed by atoms with Crippen LogP contribution in [0.2, 0.25) is 0 Å². The number of nitrogens with one attached hydrogen (secondary N) is 1. The van der Waals surface area contributed by atoms with Gasteiger partial charge in [0.25, 0.3) is 0 Å². The smallest absolute Gasteiger partial charge is 0.229 e. The first-order valence-electron chi connectivity index (χ1n) is 8.89. The highest BCUT2D eigenvalue weighted by Gasteiger charge is 2.39. The molecule has 0 aliphatic rings. The molecule has 3 aromatic rings. The molecular weight excluding hydrogens is 362 g/mol. The van der Waals surface area contributed by atoms with Crippen LogP contribution in [0.15, 0.2) is 48.7 Å². The predicted octanol–water partition coefficient (Wildman–Crippen LogP) is 3.25. The van der Waals surface area contributed by atoms with Crippen molar-refractivity contribution in [1.82, 2.24) is 9.78 Å². The van der Waals surface area contributed by atoms with E-state index in [1.165, 1.54) is 0 Å². The van der Waals surface area contributed by atoms with Gasteiger partial charge in [0.15, 0.2) is 0 Å². The number of anilines is 1. The van der Waals surface area contributed by atoms with Crippen LogP contribution in [0.25, 0.3) is 10.9 Å². The number of hydrogen-bond donors (Lipinski definition) is 2. The van der Waals surface area contributed by atoms with E-state index in [1.54, 1.807) is 25.3 Å². The van der Waals surface area contributed by atoms with Gasteiger partial charge in [0.2, 0.25) is 10.0 Å². The summed E-state index contributed by atoms with van der Waals surface area (Å²) in [5.41, 5.74) is 2.56. The van der Waals surface area contributed by atoms with E-state index in [1.807, 2.05) is 48.9 Å². The SMILES string of the molecule is CCC(c1ccc(C)cc1)(C(C)O)n1ncc2c(NS(C)(=O)=O)cccc21. The van der Waals surface area contributed by atoms with Gasteiger partial charge in [-0.1, -0.05) is 42.8 Å². The summed E-state index contributed by atoms with van der Waals surface area (Å²) < 4.78 is 27.7. The van der Waals surface area contributed by atoms with Gasteiger partial charge in [0.05, 0.1) is 29.8 Å². The highest BCUT2D eigenvalue weighted by atomic mass is 32.2. The van der Waals surface area contributed by atoms with Gasteiger partial charge in [-0.2, -0.15) is 5.10 Å². The number of aromatic nitrogens is 2. The average molecular weight is 388 g/mol. The molecule has 144 valence electrons. The quantitative estimate of drug-likeness (QED) is 0.680. The number of aliphatic hydroxyl groups is 1. The maximum Gasteiger partial charge on any atom is 0.229 e. The van der Waals surface area contributed by atoms with Crippen molar-refractivity contribution in [2.75, 3.05) is 11.0 Å². The van der Waals surface area contributed by atoms with Gasteiger partial charge in [-0.3, -0.25) is 9.40 Å². The Hall–Kier alpha value is -2.38. The first kappa shape index (κ1) is 19.4. The third-order valence-electron chi connectivity index (χ3n) is 5.07. The molecule has 6 nitrogen and oxygen atoms in total. The molecule has 0 radical (unpaired) electrons. The molecule has 7 heteroatoms. The van der Waals surface area contributed by atoms with E-state index in [2.05, 4.69) is 9.82 Å². The van der Waals surface area contributed by atoms with Crippen molar-refractivity contribution < 1.29 is 13.5 Å². The molecule has 2 atom stereocenters. The van der Waals surface area contributed by atoms with Crippen molar-refractivity contribution in [3.8, 4) is 0 Å². The summed E-state index contributed by atoms with van der Waals surface area (Å²) in [6, 6.07) is 13.4. The monoisotopic (exact) mass is 387 g/mol. The number of nitrogens with zero attached hydrogens (tertiary/aromatic N) is 2. The Morgan fingerprint density at radius 3 is 2.44 bits per heavy atom. The summed E-state index contributed by atoms with van der Waals surface area (Å²) in [6.45, 7) is 5.79. The molecule has 1 aromatic heterocycles. The van der Waals surface area contributed by atoms with Crippen LogP contribution in [0.4, 0.5) is 5.69 Å². The molecule has 0 fully saturated rings. The minimum atomic E-state index is -3.41. The molecule has 0 saturated heterocycles. The van der Waals surface area contributed by atoms with Gasteiger partial charge >= 0.3 is 0 Å². The molecule has 2 aromatic carbocycles. The molecule has 2 N–H and O–H groups in total. The predicted molar refractivity (Wildman–Crippen MR) is 108 cm³/mol. The second kappa shape index (κ2) is 6.98. The summed E-state index contributed by atoms with van der Waals surface area (Å²) in [6.07, 6.45) is 2.67. The van der Waals surface area contributed by atoms with Gasteiger partial charge < -0.3 is 5.11 Å². The number of rotatable bonds is 6. The van der Waals surface area contributed by atoms with Crippen molar-refractivity contribution >= 4 is 26.6 Å². The maximum absolute atomic E-state index is 11.7. The number of aliphatic hydroxyl groups excluding tert-OH is 1. The van der Waals surface area contributed by atoms with Gasteiger partial charge in [-0.15, -0.1) is 0 Å². The minimum absolute atomic E-state index is 0.473. The first-order valence-corrected chi connectivity index (χ1v) is 10.8. The van der Waals surface area contributed by atoms with Gasteiger partial charge in [-0.25, -0.2) is 8.42 Å². The van der Waals surface area contributed by atoms with E-state index < -0.39 is 21.7 Å². The molecule has 0 aliphatic heterocycles. The van der Waals surface area contributed by atoms with Crippen LogP contribution in [0.1, 0.15) is 31.4 Å². The zero-order valence-corrected chi connectivity index (χ0v) is 16.8. The third-order valence-corrected chi connectivity index (χ3v) is 5.66. The molecule has 0 spiro atoms. The fourth-order valence-corrected chi connectivity index (χ4v) is 4.27. The maximum atomic E-state index is 11.7. The molecule has 0 bridgehead atoms. The van der Waals surface area contributed by atoms with E-state index in [-0.39, 0.29) is 0 Å². The van der Waals surface area contributed by atoms with Crippen molar-refractivity contribution in [3.63, 3.8) is 0 Å². The Morgan fingerprint density at radius 2 is 1.89 bits per heavy atom. The van der Waals surface area contributed by atoms with Gasteiger partial charge in [-0.05, 0) is 38.0 Å². The minimum Gasteiger partial charge on any atom is -0.391 e. The second-order valence-electron chi connectivity index (χ2n) is 6.99. The number of hydrogen-bond acceptors (Lipinski definition) is 4. The van der Waals surface area contributed by atoms with Crippen molar-refractivity contribution in [2.24, 2.45) is 0 Å². The van der Waals surface area contributed by atoms with E-state index in [0.29, 0.717) is 17.5 Å². The average Bonchev–Trinajstić information content (AvgIpc) is 3.02. The van der Waals surface area contributed by atoms with E-state index in [0.717, 1.165) is 22.9 Å². The number of benzene rings is 2. The normalized spacial score (nSPS) is 15.4. The van der Waals surface area contributed by atoms with Crippen LogP contribution in [0.5, 0.6) is 0 Å². The number of fused-ring (bicyclic) bond motifs is 1. The standard InChI is InChI=1S/C20H25N3O3S/c1-5-20(15(3)24,16-11-9-14(2)10-12-16)23-19-8-6-7-18(17(19)13-21-23)22-27(4,25)26/h6-13,15,22,24H,5H2,1-4H3. The lowest BCUT2D eigenvalue weighted by Gasteiger charge is -2.37. The van der Waals surface area contributed by atoms with Crippen molar-refractivity contribution in [1.29, 1.82) is 0 Å². The summed E-state index contributed by atoms with van der Waals surface area (Å²) >= 11 is 0. The van der Waals surface area contributed by atoms with Crippen LogP contribution < -0.4 is 4.72 Å². The Balaban J connectivity index is 2.26. The summed E-state index contributed by atoms with van der Waals surface area (Å²) in [5.74, 6) is 0. The molecule has 0 aliphatic carbocycles. The lowest BCUT2D eigenvalue weighted by Crippen LogP contribution is -2.44. The molecule has 3 rings (SSSR count). The van der Waals surface area contributed by atoms with E-state index >= 15 is 0 Å².